The molecule has 3 heterocycles. The average molecular weight is 428 g/mol. The van der Waals surface area contributed by atoms with Crippen LogP contribution in [0.25, 0.3) is 0 Å². The summed E-state index contributed by atoms with van der Waals surface area (Å²) < 4.78 is 26.9. The highest BCUT2D eigenvalue weighted by Gasteiger charge is 2.32. The van der Waals surface area contributed by atoms with Gasteiger partial charge in [-0.25, -0.2) is 13.2 Å². The quantitative estimate of drug-likeness (QED) is 0.451. The Balaban J connectivity index is 1.80. The van der Waals surface area contributed by atoms with Crippen LogP contribution in [0.5, 0.6) is 0 Å². The smallest absolute Gasteiger partial charge is 0.332 e. The maximum Gasteiger partial charge on any atom is 0.332 e. The van der Waals surface area contributed by atoms with Crippen molar-refractivity contribution in [3.63, 3.8) is 0 Å². The number of nitrogen functional groups attached to an aromatic ring is 1. The number of hydrogen-bond acceptors (Lipinski definition) is 9. The maximum absolute atomic E-state index is 12.6. The first kappa shape index (κ1) is 20.3. The van der Waals surface area contributed by atoms with Crippen LogP contribution in [0.4, 0.5) is 5.82 Å². The molecule has 2 aromatic rings. The van der Waals surface area contributed by atoms with Gasteiger partial charge in [0.25, 0.3) is 5.56 Å². The second-order valence-corrected chi connectivity index (χ2v) is 9.85. The molecule has 1 saturated heterocycles. The minimum absolute atomic E-state index is 0.0349. The van der Waals surface area contributed by atoms with Crippen LogP contribution in [0.1, 0.15) is 28.5 Å². The van der Waals surface area contributed by atoms with E-state index < -0.39 is 26.9 Å². The molecule has 0 amide bonds. The standard InChI is InChI=1S/C15H20N6O5S2/c1-19-11(16)10(13(23)21(3)15(19)24)9(22)6-27-14-18-17-12(20(14)2)8-4-5-28(25,26)7-8/h8H,4-7,16H2,1-3H3/t8-/m1/s1. The topological polar surface area (TPSA) is 152 Å². The number of aromatic nitrogens is 5. The summed E-state index contributed by atoms with van der Waals surface area (Å²) in [6.45, 7) is 0. The molecule has 152 valence electrons. The molecule has 0 bridgehead atoms. The fourth-order valence-corrected chi connectivity index (χ4v) is 5.66. The van der Waals surface area contributed by atoms with Crippen molar-refractivity contribution >= 4 is 33.2 Å². The number of nitrogens with two attached hydrogens (primary N) is 1. The van der Waals surface area contributed by atoms with E-state index in [0.29, 0.717) is 17.4 Å². The van der Waals surface area contributed by atoms with Crippen LogP contribution in [-0.2, 0) is 31.0 Å². The summed E-state index contributed by atoms with van der Waals surface area (Å²) in [4.78, 5) is 36.7. The van der Waals surface area contributed by atoms with Crippen LogP contribution in [0.15, 0.2) is 14.7 Å². The first-order chi connectivity index (χ1) is 13.0. The number of nitrogens with zero attached hydrogens (tertiary/aromatic N) is 5. The van der Waals surface area contributed by atoms with Crippen molar-refractivity contribution in [3.05, 3.63) is 32.2 Å². The van der Waals surface area contributed by atoms with Gasteiger partial charge in [0.1, 0.15) is 17.2 Å². The molecule has 0 spiro atoms. The van der Waals surface area contributed by atoms with Gasteiger partial charge in [0.15, 0.2) is 20.8 Å². The van der Waals surface area contributed by atoms with Crippen molar-refractivity contribution in [3.8, 4) is 0 Å². The van der Waals surface area contributed by atoms with Crippen molar-refractivity contribution < 1.29 is 13.2 Å². The van der Waals surface area contributed by atoms with Gasteiger partial charge in [0.05, 0.1) is 17.3 Å². The van der Waals surface area contributed by atoms with Crippen molar-refractivity contribution in [2.45, 2.75) is 17.5 Å². The zero-order valence-corrected chi connectivity index (χ0v) is 17.2. The molecule has 0 saturated carbocycles. The van der Waals surface area contributed by atoms with E-state index in [1.165, 1.54) is 14.1 Å². The Morgan fingerprint density at radius 3 is 2.46 bits per heavy atom. The number of carbonyl (C=O) groups excluding carboxylic acids is 1. The van der Waals surface area contributed by atoms with Gasteiger partial charge in [-0.3, -0.25) is 18.7 Å². The highest BCUT2D eigenvalue weighted by atomic mass is 32.2. The Kier molecular flexibility index (Phi) is 5.23. The lowest BCUT2D eigenvalue weighted by molar-refractivity contribution is 0.102. The zero-order valence-electron chi connectivity index (χ0n) is 15.6. The van der Waals surface area contributed by atoms with Crippen LogP contribution in [0, 0.1) is 0 Å². The molecule has 0 unspecified atom stereocenters. The van der Waals surface area contributed by atoms with Crippen LogP contribution in [-0.4, -0.2) is 55.4 Å². The Morgan fingerprint density at radius 2 is 1.86 bits per heavy atom. The van der Waals surface area contributed by atoms with Crippen LogP contribution in [0.2, 0.25) is 0 Å². The van der Waals surface area contributed by atoms with E-state index in [4.69, 9.17) is 5.73 Å². The monoisotopic (exact) mass is 428 g/mol. The number of thioether (sulfide) groups is 1. The van der Waals surface area contributed by atoms with Crippen molar-refractivity contribution in [2.24, 2.45) is 21.1 Å². The number of ketones is 1. The molecule has 0 aromatic carbocycles. The van der Waals surface area contributed by atoms with Crippen molar-refractivity contribution in [1.82, 2.24) is 23.9 Å². The molecule has 11 nitrogen and oxygen atoms in total. The molecule has 0 radical (unpaired) electrons. The fourth-order valence-electron chi connectivity index (χ4n) is 3.13. The summed E-state index contributed by atoms with van der Waals surface area (Å²) in [5.74, 6) is -0.367. The number of sulfone groups is 1. The summed E-state index contributed by atoms with van der Waals surface area (Å²) in [5.41, 5.74) is 4.18. The van der Waals surface area contributed by atoms with E-state index >= 15 is 0 Å². The molecule has 2 aromatic heterocycles. The van der Waals surface area contributed by atoms with E-state index in [1.807, 2.05) is 0 Å². The highest BCUT2D eigenvalue weighted by molar-refractivity contribution is 7.99. The second kappa shape index (κ2) is 7.20. The molecule has 3 rings (SSSR count). The van der Waals surface area contributed by atoms with Gasteiger partial charge in [0.2, 0.25) is 0 Å². The molecule has 1 fully saturated rings. The van der Waals surface area contributed by atoms with Crippen LogP contribution in [0.3, 0.4) is 0 Å². The first-order valence-electron chi connectivity index (χ1n) is 8.34. The fraction of sp³-hybridized carbons (Fsp3) is 0.533. The van der Waals surface area contributed by atoms with Gasteiger partial charge < -0.3 is 10.3 Å². The first-order valence-corrected chi connectivity index (χ1v) is 11.2. The predicted octanol–water partition coefficient (Wildman–Crippen LogP) is -1.33. The van der Waals surface area contributed by atoms with Gasteiger partial charge in [-0.15, -0.1) is 10.2 Å². The summed E-state index contributed by atoms with van der Waals surface area (Å²) >= 11 is 1.06. The molecular formula is C15H20N6O5S2. The second-order valence-electron chi connectivity index (χ2n) is 6.68. The van der Waals surface area contributed by atoms with E-state index in [9.17, 15) is 22.8 Å². The maximum atomic E-state index is 12.6. The number of rotatable bonds is 5. The van der Waals surface area contributed by atoms with Crippen molar-refractivity contribution in [1.29, 1.82) is 0 Å². The lowest BCUT2D eigenvalue weighted by Gasteiger charge is -2.11. The van der Waals surface area contributed by atoms with Gasteiger partial charge in [-0.2, -0.15) is 0 Å². The molecule has 1 aliphatic rings. The van der Waals surface area contributed by atoms with Gasteiger partial charge in [-0.1, -0.05) is 11.8 Å². The van der Waals surface area contributed by atoms with Gasteiger partial charge >= 0.3 is 5.69 Å². The minimum Gasteiger partial charge on any atom is -0.384 e. The Hall–Kier alpha value is -2.41. The minimum atomic E-state index is -3.05. The third kappa shape index (κ3) is 3.51. The van der Waals surface area contributed by atoms with Crippen LogP contribution < -0.4 is 17.0 Å². The molecule has 2 N–H and O–H groups in total. The molecule has 28 heavy (non-hydrogen) atoms. The number of anilines is 1. The van der Waals surface area contributed by atoms with Crippen molar-refractivity contribution in [2.75, 3.05) is 23.0 Å². The number of carbonyl (C=O) groups is 1. The largest absolute Gasteiger partial charge is 0.384 e. The van der Waals surface area contributed by atoms with Gasteiger partial charge in [0, 0.05) is 27.1 Å². The Morgan fingerprint density at radius 1 is 1.18 bits per heavy atom. The third-order valence-corrected chi connectivity index (χ3v) is 7.58. The average Bonchev–Trinajstić information content (AvgIpc) is 3.18. The predicted molar refractivity (Wildman–Crippen MR) is 103 cm³/mol. The summed E-state index contributed by atoms with van der Waals surface area (Å²) in [5, 5.41) is 8.52. The highest BCUT2D eigenvalue weighted by Crippen LogP contribution is 2.29. The molecule has 0 aliphatic carbocycles. The molecule has 1 atom stereocenters. The molecular weight excluding hydrogens is 408 g/mol. The van der Waals surface area contributed by atoms with Crippen LogP contribution >= 0.6 is 11.8 Å². The van der Waals surface area contributed by atoms with E-state index in [0.717, 1.165) is 20.9 Å². The number of Topliss-reactive ketones (excluding diaryl/α,β-unsaturated/α-hetero) is 1. The van der Waals surface area contributed by atoms with E-state index in [-0.39, 0.29) is 34.6 Å². The van der Waals surface area contributed by atoms with Gasteiger partial charge in [-0.05, 0) is 6.42 Å². The lowest BCUT2D eigenvalue weighted by Crippen LogP contribution is -2.41. The third-order valence-electron chi connectivity index (χ3n) is 4.79. The van der Waals surface area contributed by atoms with E-state index in [1.54, 1.807) is 11.6 Å². The number of hydrogen-bond donors (Lipinski definition) is 1. The summed E-state index contributed by atoms with van der Waals surface area (Å²) in [6.07, 6.45) is 0.489. The summed E-state index contributed by atoms with van der Waals surface area (Å²) in [7, 11) is 1.30. The molecule has 1 aliphatic heterocycles. The SMILES string of the molecule is Cn1c(SCC(=O)c2c(N)n(C)c(=O)n(C)c2=O)nnc1[C@@H]1CCS(=O)(=O)C1. The normalized spacial score (nSPS) is 18.5. The van der Waals surface area contributed by atoms with E-state index in [2.05, 4.69) is 10.2 Å². The molecule has 13 heteroatoms. The lowest BCUT2D eigenvalue weighted by atomic mass is 10.1. The Bertz CT molecular complexity index is 1180. The zero-order chi connectivity index (χ0) is 20.8. The summed E-state index contributed by atoms with van der Waals surface area (Å²) in [6, 6.07) is 0. The Labute approximate surface area is 164 Å².